The maximum atomic E-state index is 15.0. The smallest absolute Gasteiger partial charge is 0.237 e. The molecule has 3 N–H and O–H groups in total. The zero-order valence-corrected chi connectivity index (χ0v) is 25.3. The van der Waals surface area contributed by atoms with Gasteiger partial charge < -0.3 is 20.7 Å². The van der Waals surface area contributed by atoms with Crippen LogP contribution in [0.15, 0.2) is 30.3 Å². The molecule has 1 spiro atoms. The van der Waals surface area contributed by atoms with E-state index in [-0.39, 0.29) is 33.4 Å². The van der Waals surface area contributed by atoms with Gasteiger partial charge in [-0.15, -0.1) is 0 Å². The summed E-state index contributed by atoms with van der Waals surface area (Å²) in [6.45, 7) is 6.61. The number of halogens is 4. The van der Waals surface area contributed by atoms with Crippen LogP contribution in [0.2, 0.25) is 10.0 Å². The molecule has 2 aromatic carbocycles. The van der Waals surface area contributed by atoms with Crippen molar-refractivity contribution in [3.8, 4) is 0 Å². The third-order valence-electron chi connectivity index (χ3n) is 8.96. The summed E-state index contributed by atoms with van der Waals surface area (Å²) in [4.78, 5) is 28.1. The third kappa shape index (κ3) is 5.61. The van der Waals surface area contributed by atoms with E-state index in [9.17, 15) is 14.0 Å². The van der Waals surface area contributed by atoms with Crippen molar-refractivity contribution in [3.63, 3.8) is 0 Å². The lowest BCUT2D eigenvalue weighted by Crippen LogP contribution is -2.49. The number of rotatable bonds is 7. The van der Waals surface area contributed by atoms with Crippen molar-refractivity contribution >= 4 is 40.7 Å². The van der Waals surface area contributed by atoms with Crippen LogP contribution in [0.1, 0.15) is 69.9 Å². The van der Waals surface area contributed by atoms with Crippen LogP contribution >= 0.6 is 23.2 Å². The fraction of sp³-hybridized carbons (Fsp3) is 0.548. The average Bonchev–Trinajstić information content (AvgIpc) is 3.56. The van der Waals surface area contributed by atoms with Gasteiger partial charge in [0, 0.05) is 31.3 Å². The van der Waals surface area contributed by atoms with E-state index in [1.807, 2.05) is 20.8 Å². The molecule has 0 radical (unpaired) electrons. The molecule has 1 saturated heterocycles. The number of carbonyl (C=O) groups is 2. The lowest BCUT2D eigenvalue weighted by Gasteiger charge is -2.37. The van der Waals surface area contributed by atoms with Crippen LogP contribution in [-0.2, 0) is 19.7 Å². The number of hydrogen-bond acceptors (Lipinski definition) is 4. The Morgan fingerprint density at radius 3 is 2.51 bits per heavy atom. The number of hydrogen-bond donors (Lipinski definition) is 3. The monoisotopic (exact) mass is 607 g/mol. The number of ether oxygens (including phenoxy) is 1. The molecule has 41 heavy (non-hydrogen) atoms. The summed E-state index contributed by atoms with van der Waals surface area (Å²) >= 11 is 12.3. The summed E-state index contributed by atoms with van der Waals surface area (Å²) in [6.07, 6.45) is 4.60. The molecule has 1 aliphatic carbocycles. The Balaban J connectivity index is 1.57. The molecule has 1 saturated carbocycles. The number of fused-ring (bicyclic) bond motifs is 2. The van der Waals surface area contributed by atoms with Gasteiger partial charge in [0.25, 0.3) is 0 Å². The molecule has 2 aliphatic heterocycles. The first kappa shape index (κ1) is 30.2. The second-order valence-corrected chi connectivity index (χ2v) is 13.7. The van der Waals surface area contributed by atoms with Gasteiger partial charge in [-0.3, -0.25) is 9.59 Å². The van der Waals surface area contributed by atoms with Gasteiger partial charge in [-0.25, -0.2) is 8.78 Å². The number of benzene rings is 2. The Bertz CT molecular complexity index is 1350. The van der Waals surface area contributed by atoms with Gasteiger partial charge in [0.15, 0.2) is 0 Å². The van der Waals surface area contributed by atoms with Crippen molar-refractivity contribution in [1.82, 2.24) is 10.6 Å². The van der Waals surface area contributed by atoms with Crippen LogP contribution in [0, 0.1) is 23.0 Å². The van der Waals surface area contributed by atoms with E-state index in [1.165, 1.54) is 24.3 Å². The van der Waals surface area contributed by atoms with E-state index >= 15 is 4.39 Å². The van der Waals surface area contributed by atoms with Gasteiger partial charge in [0.1, 0.15) is 17.0 Å². The normalized spacial score (nSPS) is 29.2. The Morgan fingerprint density at radius 1 is 1.12 bits per heavy atom. The molecular weight excluding hydrogens is 571 g/mol. The molecule has 2 amide bonds. The fourth-order valence-corrected chi connectivity index (χ4v) is 7.51. The van der Waals surface area contributed by atoms with Crippen molar-refractivity contribution in [3.05, 3.63) is 63.1 Å². The molecule has 2 aromatic rings. The maximum Gasteiger partial charge on any atom is 0.237 e. The number of nitrogens with one attached hydrogen (secondary N) is 3. The third-order valence-corrected chi connectivity index (χ3v) is 9.54. The summed E-state index contributed by atoms with van der Waals surface area (Å²) in [5.74, 6) is -2.26. The predicted molar refractivity (Wildman–Crippen MR) is 156 cm³/mol. The lowest BCUT2D eigenvalue weighted by molar-refractivity contribution is -0.123. The van der Waals surface area contributed by atoms with Crippen LogP contribution in [-0.4, -0.2) is 43.7 Å². The molecule has 6 nitrogen and oxygen atoms in total. The number of methoxy groups -OCH3 is 1. The first-order valence-electron chi connectivity index (χ1n) is 14.2. The number of anilines is 1. The van der Waals surface area contributed by atoms with Crippen molar-refractivity contribution < 1.29 is 23.1 Å². The van der Waals surface area contributed by atoms with Crippen molar-refractivity contribution in [2.24, 2.45) is 11.3 Å². The second kappa shape index (κ2) is 11.4. The molecule has 10 heteroatoms. The summed E-state index contributed by atoms with van der Waals surface area (Å²) in [6, 6.07) is 5.53. The number of amides is 2. The second-order valence-electron chi connectivity index (χ2n) is 12.9. The first-order valence-corrected chi connectivity index (χ1v) is 14.9. The molecule has 0 bridgehead atoms. The highest BCUT2D eigenvalue weighted by atomic mass is 35.5. The topological polar surface area (TPSA) is 79.5 Å². The molecule has 5 rings (SSSR count). The molecule has 2 fully saturated rings. The van der Waals surface area contributed by atoms with Gasteiger partial charge in [0.05, 0.1) is 22.2 Å². The van der Waals surface area contributed by atoms with E-state index in [0.29, 0.717) is 35.7 Å². The minimum Gasteiger partial charge on any atom is -0.381 e. The molecule has 6 atom stereocenters. The lowest BCUT2D eigenvalue weighted by atomic mass is 9.62. The zero-order valence-electron chi connectivity index (χ0n) is 23.8. The van der Waals surface area contributed by atoms with Gasteiger partial charge in [-0.05, 0) is 78.8 Å². The van der Waals surface area contributed by atoms with E-state index in [2.05, 4.69) is 16.0 Å². The Morgan fingerprint density at radius 2 is 1.85 bits per heavy atom. The van der Waals surface area contributed by atoms with Crippen LogP contribution in [0.25, 0.3) is 0 Å². The summed E-state index contributed by atoms with van der Waals surface area (Å²) in [5, 5.41) is 9.24. The van der Waals surface area contributed by atoms with Crippen LogP contribution in [0.5, 0.6) is 0 Å². The zero-order chi connectivity index (χ0) is 29.7. The molecular formula is C31H37Cl2F2N3O3. The van der Waals surface area contributed by atoms with Crippen molar-refractivity contribution in [1.29, 1.82) is 0 Å². The molecule has 3 aliphatic rings. The highest BCUT2D eigenvalue weighted by molar-refractivity contribution is 6.31. The van der Waals surface area contributed by atoms with E-state index in [4.69, 9.17) is 27.9 Å². The Kier molecular flexibility index (Phi) is 8.43. The highest BCUT2D eigenvalue weighted by Gasteiger charge is 2.66. The van der Waals surface area contributed by atoms with Gasteiger partial charge in [0.2, 0.25) is 11.8 Å². The first-order chi connectivity index (χ1) is 19.3. The fourth-order valence-electron chi connectivity index (χ4n) is 7.15. The summed E-state index contributed by atoms with van der Waals surface area (Å²) in [5.41, 5.74) is -0.305. The van der Waals surface area contributed by atoms with Gasteiger partial charge >= 0.3 is 0 Å². The van der Waals surface area contributed by atoms with E-state index < -0.39 is 35.1 Å². The predicted octanol–water partition coefficient (Wildman–Crippen LogP) is 6.34. The minimum absolute atomic E-state index is 0.113. The highest BCUT2D eigenvalue weighted by Crippen LogP contribution is 2.57. The summed E-state index contributed by atoms with van der Waals surface area (Å²) in [7, 11) is 1.73. The molecule has 222 valence electrons. The molecule has 2 heterocycles. The Labute approximate surface area is 249 Å². The van der Waals surface area contributed by atoms with E-state index in [0.717, 1.165) is 25.7 Å². The average molecular weight is 609 g/mol. The van der Waals surface area contributed by atoms with Crippen LogP contribution in [0.4, 0.5) is 14.5 Å². The minimum atomic E-state index is -1.38. The van der Waals surface area contributed by atoms with E-state index in [1.54, 1.807) is 13.2 Å². The summed E-state index contributed by atoms with van der Waals surface area (Å²) < 4.78 is 34.8. The maximum absolute atomic E-state index is 15.0. The van der Waals surface area contributed by atoms with Crippen molar-refractivity contribution in [2.75, 3.05) is 19.0 Å². The van der Waals surface area contributed by atoms with Crippen LogP contribution < -0.4 is 16.0 Å². The Hall–Kier alpha value is -2.26. The largest absolute Gasteiger partial charge is 0.381 e. The standard InChI is InChI=1S/C31H37Cl2F2N3O3/c1-30(2,3)15-25-31(19-13-23(35)21(33)14-24(19)37-29(31)40)26(17-6-8-22(34)20(32)12-17)27(38-25)28(39)36-10-9-16-5-7-18(11-16)41-4/h6,8,12-14,16,18,25-27,38H,5,7,9-11,15H2,1-4H3,(H,36,39)(H,37,40)/t16-,18+,25+,26-,27+,31-/m0/s1. The van der Waals surface area contributed by atoms with Crippen LogP contribution in [0.3, 0.4) is 0 Å². The van der Waals surface area contributed by atoms with Gasteiger partial charge in [-0.2, -0.15) is 0 Å². The SMILES string of the molecule is CO[C@@H]1CC[C@@H](CCNC(=O)[C@@H]2N[C@H](CC(C)(C)C)[C@]3(C(=O)Nc4cc(Cl)c(F)cc43)[C@H]2c2ccc(F)c(Cl)c2)C1. The van der Waals surface area contributed by atoms with Gasteiger partial charge in [-0.1, -0.05) is 50.0 Å². The quantitative estimate of drug-likeness (QED) is 0.343. The molecule has 0 unspecified atom stereocenters. The number of carbonyl (C=O) groups excluding carboxylic acids is 2. The van der Waals surface area contributed by atoms with Crippen molar-refractivity contribution in [2.45, 2.75) is 82.4 Å². The molecule has 0 aromatic heterocycles.